The largest absolute Gasteiger partial charge is 0.288 e. The van der Waals surface area contributed by atoms with Gasteiger partial charge in [0.15, 0.2) is 5.12 Å². The van der Waals surface area contributed by atoms with E-state index in [1.165, 1.54) is 25.7 Å². The van der Waals surface area contributed by atoms with Gasteiger partial charge in [0, 0.05) is 12.2 Å². The zero-order chi connectivity index (χ0) is 7.84. The Balaban J connectivity index is 1.92. The van der Waals surface area contributed by atoms with Gasteiger partial charge in [0.25, 0.3) is 0 Å². The van der Waals surface area contributed by atoms with Crippen LogP contribution in [0.2, 0.25) is 0 Å². The Morgan fingerprint density at radius 2 is 2.18 bits per heavy atom. The molecule has 2 rings (SSSR count). The van der Waals surface area contributed by atoms with Crippen LogP contribution in [-0.4, -0.2) is 10.4 Å². The maximum Gasteiger partial charge on any atom is 0.186 e. The molecule has 0 radical (unpaired) electrons. The van der Waals surface area contributed by atoms with Gasteiger partial charge in [-0.1, -0.05) is 18.2 Å². The average Bonchev–Trinajstić information content (AvgIpc) is 2.45. The molecule has 0 aromatic heterocycles. The molecule has 1 nitrogen and oxygen atoms in total. The molecule has 2 heteroatoms. The van der Waals surface area contributed by atoms with E-state index in [1.807, 2.05) is 0 Å². The molecule has 3 atom stereocenters. The summed E-state index contributed by atoms with van der Waals surface area (Å²) >= 11 is 1.59. The Hall–Kier alpha value is 0.0200. The molecule has 2 saturated carbocycles. The summed E-state index contributed by atoms with van der Waals surface area (Å²) in [6, 6.07) is 0. The fraction of sp³-hybridized carbons (Fsp3) is 0.889. The Morgan fingerprint density at radius 1 is 1.36 bits per heavy atom. The third-order valence-electron chi connectivity index (χ3n) is 2.99. The van der Waals surface area contributed by atoms with Gasteiger partial charge in [-0.15, -0.1) is 0 Å². The maximum absolute atomic E-state index is 10.8. The maximum atomic E-state index is 10.8. The second-order valence-corrected chi connectivity index (χ2v) is 5.24. The van der Waals surface area contributed by atoms with E-state index >= 15 is 0 Å². The van der Waals surface area contributed by atoms with Crippen LogP contribution >= 0.6 is 11.8 Å². The van der Waals surface area contributed by atoms with Gasteiger partial charge in [-0.2, -0.15) is 0 Å². The van der Waals surface area contributed by atoms with E-state index in [0.29, 0.717) is 10.4 Å². The summed E-state index contributed by atoms with van der Waals surface area (Å²) in [4.78, 5) is 10.8. The summed E-state index contributed by atoms with van der Waals surface area (Å²) in [5, 5.41) is 0.994. The molecule has 0 unspecified atom stereocenters. The van der Waals surface area contributed by atoms with Crippen LogP contribution < -0.4 is 0 Å². The first kappa shape index (κ1) is 7.66. The Labute approximate surface area is 71.9 Å². The minimum Gasteiger partial charge on any atom is -0.288 e. The van der Waals surface area contributed by atoms with Crippen molar-refractivity contribution < 1.29 is 4.79 Å². The molecule has 0 heterocycles. The summed E-state index contributed by atoms with van der Waals surface area (Å²) in [7, 11) is 0. The predicted octanol–water partition coefficient (Wildman–Crippen LogP) is 2.45. The fourth-order valence-electron chi connectivity index (χ4n) is 2.54. The van der Waals surface area contributed by atoms with E-state index in [4.69, 9.17) is 0 Å². The summed E-state index contributed by atoms with van der Waals surface area (Å²) in [5.41, 5.74) is 0. The highest BCUT2D eigenvalue weighted by atomic mass is 32.2. The lowest BCUT2D eigenvalue weighted by molar-refractivity contribution is -0.109. The van der Waals surface area contributed by atoms with Crippen molar-refractivity contribution in [1.82, 2.24) is 0 Å². The molecule has 2 fully saturated rings. The average molecular weight is 170 g/mol. The zero-order valence-corrected chi connectivity index (χ0v) is 7.69. The van der Waals surface area contributed by atoms with Crippen molar-refractivity contribution in [2.75, 3.05) is 0 Å². The molecule has 0 saturated heterocycles. The van der Waals surface area contributed by atoms with Crippen LogP contribution in [0.25, 0.3) is 0 Å². The van der Waals surface area contributed by atoms with Crippen molar-refractivity contribution in [1.29, 1.82) is 0 Å². The first-order valence-corrected chi connectivity index (χ1v) is 5.31. The van der Waals surface area contributed by atoms with Gasteiger partial charge < -0.3 is 0 Å². The topological polar surface area (TPSA) is 17.1 Å². The highest BCUT2D eigenvalue weighted by Gasteiger charge is 2.40. The van der Waals surface area contributed by atoms with Crippen LogP contribution in [0.3, 0.4) is 0 Å². The fourth-order valence-corrected chi connectivity index (χ4v) is 3.78. The quantitative estimate of drug-likeness (QED) is 0.601. The first-order chi connectivity index (χ1) is 5.25. The van der Waals surface area contributed by atoms with Crippen LogP contribution in [-0.2, 0) is 4.79 Å². The van der Waals surface area contributed by atoms with Gasteiger partial charge in [-0.05, 0) is 31.1 Å². The molecule has 0 aliphatic heterocycles. The molecule has 62 valence electrons. The Morgan fingerprint density at radius 3 is 2.64 bits per heavy atom. The number of hydrogen-bond acceptors (Lipinski definition) is 2. The van der Waals surface area contributed by atoms with Crippen molar-refractivity contribution >= 4 is 16.9 Å². The summed E-state index contributed by atoms with van der Waals surface area (Å²) < 4.78 is 0. The van der Waals surface area contributed by atoms with Gasteiger partial charge in [0.05, 0.1) is 0 Å². The smallest absolute Gasteiger partial charge is 0.186 e. The molecule has 0 aromatic rings. The van der Waals surface area contributed by atoms with Gasteiger partial charge in [-0.3, -0.25) is 4.79 Å². The molecular formula is C9H14OS. The van der Waals surface area contributed by atoms with E-state index in [1.54, 1.807) is 18.7 Å². The highest BCUT2D eigenvalue weighted by Crippen LogP contribution is 2.49. The predicted molar refractivity (Wildman–Crippen MR) is 47.5 cm³/mol. The molecule has 2 aliphatic rings. The normalized spacial score (nSPS) is 41.4. The lowest BCUT2D eigenvalue weighted by Gasteiger charge is -2.18. The standard InChI is InChI=1S/C9H14OS/c1-6(10)11-9-5-7-2-3-8(9)4-7/h7-9H,2-5H2,1H3/t7-,8+,9-/m0/s1. The number of thioether (sulfide) groups is 1. The van der Waals surface area contributed by atoms with Gasteiger partial charge in [0.1, 0.15) is 0 Å². The van der Waals surface area contributed by atoms with Crippen molar-refractivity contribution in [3.05, 3.63) is 0 Å². The van der Waals surface area contributed by atoms with Crippen LogP contribution in [0.1, 0.15) is 32.6 Å². The lowest BCUT2D eigenvalue weighted by Crippen LogP contribution is -2.13. The minimum absolute atomic E-state index is 0.308. The van der Waals surface area contributed by atoms with E-state index in [-0.39, 0.29) is 0 Å². The third-order valence-corrected chi connectivity index (χ3v) is 4.20. The molecular weight excluding hydrogens is 156 g/mol. The summed E-state index contributed by atoms with van der Waals surface area (Å²) in [5.74, 6) is 1.85. The number of hydrogen-bond donors (Lipinski definition) is 0. The van der Waals surface area contributed by atoms with E-state index in [2.05, 4.69) is 0 Å². The summed E-state index contributed by atoms with van der Waals surface area (Å²) in [6.07, 6.45) is 5.54. The number of rotatable bonds is 1. The summed E-state index contributed by atoms with van der Waals surface area (Å²) in [6.45, 7) is 1.69. The lowest BCUT2D eigenvalue weighted by atomic mass is 10.0. The molecule has 0 spiro atoms. The number of fused-ring (bicyclic) bond motifs is 2. The van der Waals surface area contributed by atoms with E-state index < -0.39 is 0 Å². The molecule has 11 heavy (non-hydrogen) atoms. The van der Waals surface area contributed by atoms with Crippen LogP contribution in [0.4, 0.5) is 0 Å². The van der Waals surface area contributed by atoms with Crippen LogP contribution in [0, 0.1) is 11.8 Å². The first-order valence-electron chi connectivity index (χ1n) is 4.43. The van der Waals surface area contributed by atoms with Crippen molar-refractivity contribution in [3.8, 4) is 0 Å². The molecule has 0 aromatic carbocycles. The van der Waals surface area contributed by atoms with Crippen molar-refractivity contribution in [2.45, 2.75) is 37.9 Å². The highest BCUT2D eigenvalue weighted by molar-refractivity contribution is 8.14. The van der Waals surface area contributed by atoms with Crippen LogP contribution in [0.15, 0.2) is 0 Å². The van der Waals surface area contributed by atoms with Crippen molar-refractivity contribution in [2.24, 2.45) is 11.8 Å². The molecule has 0 N–H and O–H groups in total. The second-order valence-electron chi connectivity index (χ2n) is 3.82. The zero-order valence-electron chi connectivity index (χ0n) is 6.88. The Kier molecular flexibility index (Phi) is 1.96. The third kappa shape index (κ3) is 1.46. The van der Waals surface area contributed by atoms with Gasteiger partial charge in [0.2, 0.25) is 0 Å². The van der Waals surface area contributed by atoms with Gasteiger partial charge >= 0.3 is 0 Å². The van der Waals surface area contributed by atoms with Gasteiger partial charge in [-0.25, -0.2) is 0 Å². The monoisotopic (exact) mass is 170 g/mol. The number of carbonyl (C=O) groups is 1. The molecule has 0 amide bonds. The van der Waals surface area contributed by atoms with Crippen molar-refractivity contribution in [3.63, 3.8) is 0 Å². The number of carbonyl (C=O) groups excluding carboxylic acids is 1. The second kappa shape index (κ2) is 2.81. The van der Waals surface area contributed by atoms with E-state index in [9.17, 15) is 4.79 Å². The molecule has 2 bridgehead atoms. The SMILES string of the molecule is CC(=O)S[C@H]1C[C@H]2CC[C@@H]1C2. The van der Waals surface area contributed by atoms with Crippen LogP contribution in [0.5, 0.6) is 0 Å². The minimum atomic E-state index is 0.308. The molecule has 2 aliphatic carbocycles. The van der Waals surface area contributed by atoms with E-state index in [0.717, 1.165) is 11.8 Å². The Bertz CT molecular complexity index is 178.